The number of hydrogen-bond acceptors (Lipinski definition) is 3. The molecule has 0 aliphatic heterocycles. The van der Waals surface area contributed by atoms with Crippen molar-refractivity contribution in [1.82, 2.24) is 0 Å². The summed E-state index contributed by atoms with van der Waals surface area (Å²) in [7, 11) is 0. The first kappa shape index (κ1) is 15.1. The van der Waals surface area contributed by atoms with Crippen LogP contribution < -0.4 is 0 Å². The molecule has 0 saturated carbocycles. The zero-order valence-corrected chi connectivity index (χ0v) is 10.8. The maximum absolute atomic E-state index is 8.65. The Kier molecular flexibility index (Phi) is 7.35. The number of phenolic OH excluding ortho intramolecular Hbond substituents is 2. The summed E-state index contributed by atoms with van der Waals surface area (Å²) < 4.78 is 5.03. The van der Waals surface area contributed by atoms with Gasteiger partial charge in [0.15, 0.2) is 0 Å². The van der Waals surface area contributed by atoms with E-state index in [0.29, 0.717) is 0 Å². The molecule has 0 bridgehead atoms. The van der Waals surface area contributed by atoms with Gasteiger partial charge in [0.05, 0.1) is 12.5 Å². The van der Waals surface area contributed by atoms with Crippen LogP contribution in [0.3, 0.4) is 0 Å². The third-order valence-electron chi connectivity index (χ3n) is 1.46. The molecular weight excluding hydrogens is 216 g/mol. The van der Waals surface area contributed by atoms with Gasteiger partial charge in [-0.25, -0.2) is 0 Å². The van der Waals surface area contributed by atoms with E-state index >= 15 is 0 Å². The predicted molar refractivity (Wildman–Crippen MR) is 69.7 cm³/mol. The van der Waals surface area contributed by atoms with E-state index in [1.54, 1.807) is 12.5 Å². The average molecular weight is 236 g/mol. The summed E-state index contributed by atoms with van der Waals surface area (Å²) in [6.45, 7) is 8.00. The molecule has 2 N–H and O–H groups in total. The molecule has 0 radical (unpaired) electrons. The highest BCUT2D eigenvalue weighted by atomic mass is 16.5. The highest BCUT2D eigenvalue weighted by Gasteiger charge is 1.84. The Morgan fingerprint density at radius 1 is 0.824 bits per heavy atom. The number of phenols is 2. The zero-order chi connectivity index (χ0) is 13.3. The van der Waals surface area contributed by atoms with Crippen LogP contribution in [-0.2, 0) is 4.74 Å². The van der Waals surface area contributed by atoms with E-state index in [1.807, 2.05) is 27.7 Å². The second-order valence-electron chi connectivity index (χ2n) is 4.04. The van der Waals surface area contributed by atoms with Crippen LogP contribution in [-0.4, -0.2) is 10.2 Å². The molecule has 0 aliphatic carbocycles. The second kappa shape index (κ2) is 8.28. The Balaban J connectivity index is 0.000000302. The van der Waals surface area contributed by atoms with Crippen LogP contribution in [0.25, 0.3) is 0 Å². The molecule has 0 saturated heterocycles. The van der Waals surface area contributed by atoms with Crippen molar-refractivity contribution in [2.24, 2.45) is 0 Å². The molecule has 3 nitrogen and oxygen atoms in total. The summed E-state index contributed by atoms with van der Waals surface area (Å²) in [4.78, 5) is 0. The number of benzene rings is 1. The molecule has 0 fully saturated rings. The average Bonchev–Trinajstić information content (AvgIpc) is 2.22. The Hall–Kier alpha value is -1.90. The molecule has 94 valence electrons. The molecule has 0 spiro atoms. The van der Waals surface area contributed by atoms with Gasteiger partial charge in [0, 0.05) is 0 Å². The molecule has 0 unspecified atom stereocenters. The van der Waals surface area contributed by atoms with Gasteiger partial charge in [-0.05, 0) is 63.1 Å². The minimum Gasteiger partial charge on any atom is -0.508 e. The number of aromatic hydroxyl groups is 2. The molecule has 0 atom stereocenters. The van der Waals surface area contributed by atoms with Crippen molar-refractivity contribution in [3.8, 4) is 11.5 Å². The number of rotatable bonds is 2. The molecule has 0 heterocycles. The van der Waals surface area contributed by atoms with E-state index in [9.17, 15) is 0 Å². The quantitative estimate of drug-likeness (QED) is 0.604. The zero-order valence-electron chi connectivity index (χ0n) is 10.8. The lowest BCUT2D eigenvalue weighted by atomic mass is 10.3. The topological polar surface area (TPSA) is 49.7 Å². The van der Waals surface area contributed by atoms with Gasteiger partial charge in [0.1, 0.15) is 11.5 Å². The monoisotopic (exact) mass is 236 g/mol. The summed E-state index contributed by atoms with van der Waals surface area (Å²) in [6, 6.07) is 5.70. The van der Waals surface area contributed by atoms with Gasteiger partial charge in [0.25, 0.3) is 0 Å². The van der Waals surface area contributed by atoms with Crippen molar-refractivity contribution in [2.75, 3.05) is 0 Å². The summed E-state index contributed by atoms with van der Waals surface area (Å²) in [5, 5.41) is 17.3. The summed E-state index contributed by atoms with van der Waals surface area (Å²) in [5.41, 5.74) is 2.35. The third kappa shape index (κ3) is 10.4. The van der Waals surface area contributed by atoms with Gasteiger partial charge in [-0.15, -0.1) is 0 Å². The molecule has 1 aromatic rings. The molecule has 17 heavy (non-hydrogen) atoms. The fraction of sp³-hybridized carbons (Fsp3) is 0.286. The van der Waals surface area contributed by atoms with E-state index in [1.165, 1.54) is 35.4 Å². The van der Waals surface area contributed by atoms with Crippen molar-refractivity contribution < 1.29 is 14.9 Å². The largest absolute Gasteiger partial charge is 0.508 e. The minimum absolute atomic E-state index is 0.169. The molecule has 1 rings (SSSR count). The normalized spacial score (nSPS) is 8.47. The molecule has 1 aromatic carbocycles. The molecule has 0 aliphatic rings. The predicted octanol–water partition coefficient (Wildman–Crippen LogP) is 3.95. The van der Waals surface area contributed by atoms with Crippen LogP contribution in [0.15, 0.2) is 47.9 Å². The van der Waals surface area contributed by atoms with Gasteiger partial charge in [-0.3, -0.25) is 0 Å². The highest BCUT2D eigenvalue weighted by Crippen LogP contribution is 2.13. The fourth-order valence-corrected chi connectivity index (χ4v) is 0.759. The van der Waals surface area contributed by atoms with Crippen LogP contribution in [0.2, 0.25) is 0 Å². The van der Waals surface area contributed by atoms with Crippen molar-refractivity contribution >= 4 is 0 Å². The van der Waals surface area contributed by atoms with Crippen LogP contribution >= 0.6 is 0 Å². The second-order valence-corrected chi connectivity index (χ2v) is 4.04. The Labute approximate surface area is 103 Å². The molecule has 0 amide bonds. The maximum Gasteiger partial charge on any atom is 0.115 e. The van der Waals surface area contributed by atoms with Crippen molar-refractivity contribution in [3.63, 3.8) is 0 Å². The first-order chi connectivity index (χ1) is 7.91. The van der Waals surface area contributed by atoms with E-state index < -0.39 is 0 Å². The Morgan fingerprint density at radius 2 is 1.12 bits per heavy atom. The lowest BCUT2D eigenvalue weighted by molar-refractivity contribution is 0.393. The standard InChI is InChI=1S/C8H14O.C6H6O2/c1-7(2)5-9-6-8(3)4;7-5-1-2-6(8)4-3-5/h5-6H,1-4H3;1-4,7-8H. The lowest BCUT2D eigenvalue weighted by Gasteiger charge is -1.91. The first-order valence-corrected chi connectivity index (χ1v) is 5.32. The Bertz CT molecular complexity index is 330. The number of hydrogen-bond donors (Lipinski definition) is 2. The smallest absolute Gasteiger partial charge is 0.115 e. The van der Waals surface area contributed by atoms with Crippen LogP contribution in [0.1, 0.15) is 27.7 Å². The van der Waals surface area contributed by atoms with Crippen molar-refractivity contribution in [1.29, 1.82) is 0 Å². The molecule has 0 aromatic heterocycles. The van der Waals surface area contributed by atoms with Crippen LogP contribution in [0.5, 0.6) is 11.5 Å². The first-order valence-electron chi connectivity index (χ1n) is 5.32. The van der Waals surface area contributed by atoms with Crippen molar-refractivity contribution in [3.05, 3.63) is 47.9 Å². The van der Waals surface area contributed by atoms with Crippen LogP contribution in [0, 0.1) is 0 Å². The molecular formula is C14H20O3. The van der Waals surface area contributed by atoms with Crippen LogP contribution in [0.4, 0.5) is 0 Å². The maximum atomic E-state index is 8.65. The van der Waals surface area contributed by atoms with Gasteiger partial charge >= 0.3 is 0 Å². The number of ether oxygens (including phenoxy) is 1. The Morgan fingerprint density at radius 3 is 1.35 bits per heavy atom. The third-order valence-corrected chi connectivity index (χ3v) is 1.46. The van der Waals surface area contributed by atoms with Gasteiger partial charge < -0.3 is 14.9 Å². The van der Waals surface area contributed by atoms with E-state index in [4.69, 9.17) is 14.9 Å². The highest BCUT2D eigenvalue weighted by molar-refractivity contribution is 5.28. The van der Waals surface area contributed by atoms with Gasteiger partial charge in [0.2, 0.25) is 0 Å². The minimum atomic E-state index is 0.169. The SMILES string of the molecule is CC(C)=COC=C(C)C.Oc1ccc(O)cc1. The van der Waals surface area contributed by atoms with E-state index in [2.05, 4.69) is 0 Å². The van der Waals surface area contributed by atoms with Crippen molar-refractivity contribution in [2.45, 2.75) is 27.7 Å². The molecule has 3 heteroatoms. The summed E-state index contributed by atoms with van der Waals surface area (Å²) >= 11 is 0. The fourth-order valence-electron chi connectivity index (χ4n) is 0.759. The number of allylic oxidation sites excluding steroid dienone is 2. The summed E-state index contributed by atoms with van der Waals surface area (Å²) in [5.74, 6) is 0.339. The lowest BCUT2D eigenvalue weighted by Crippen LogP contribution is -1.71. The summed E-state index contributed by atoms with van der Waals surface area (Å²) in [6.07, 6.45) is 3.46. The van der Waals surface area contributed by atoms with Gasteiger partial charge in [-0.2, -0.15) is 0 Å². The van der Waals surface area contributed by atoms with Gasteiger partial charge in [-0.1, -0.05) is 0 Å². The van der Waals surface area contributed by atoms with E-state index in [0.717, 1.165) is 0 Å². The van der Waals surface area contributed by atoms with E-state index in [-0.39, 0.29) is 11.5 Å².